The van der Waals surface area contributed by atoms with Crippen LogP contribution in [0.5, 0.6) is 0 Å². The molecule has 0 aliphatic heterocycles. The number of carbonyl (C=O) groups excluding carboxylic acids is 1. The molecule has 1 atom stereocenters. The summed E-state index contributed by atoms with van der Waals surface area (Å²) in [6, 6.07) is -0.463. The summed E-state index contributed by atoms with van der Waals surface area (Å²) in [5.41, 5.74) is 13.9. The van der Waals surface area contributed by atoms with Crippen molar-refractivity contribution in [2.24, 2.45) is 5.73 Å². The van der Waals surface area contributed by atoms with Crippen LogP contribution in [0.4, 0.5) is 5.82 Å². The van der Waals surface area contributed by atoms with Crippen LogP contribution in [0.2, 0.25) is 0 Å². The van der Waals surface area contributed by atoms with E-state index in [0.717, 1.165) is 16.6 Å². The summed E-state index contributed by atoms with van der Waals surface area (Å²) in [5, 5.41) is 0.797. The molecule has 6 nitrogen and oxygen atoms in total. The van der Waals surface area contributed by atoms with Crippen LogP contribution in [-0.2, 0) is 4.79 Å². The molecule has 0 radical (unpaired) electrons. The van der Waals surface area contributed by atoms with Crippen molar-refractivity contribution in [3.05, 3.63) is 17.1 Å². The van der Waals surface area contributed by atoms with Gasteiger partial charge in [0, 0.05) is 5.69 Å². The summed E-state index contributed by atoms with van der Waals surface area (Å²) in [6.07, 6.45) is 0. The summed E-state index contributed by atoms with van der Waals surface area (Å²) < 4.78 is 1.82. The third kappa shape index (κ3) is 1.61. The quantitative estimate of drug-likeness (QED) is 0.826. The molecule has 96 valence electrons. The van der Waals surface area contributed by atoms with Crippen LogP contribution in [0.15, 0.2) is 0 Å². The van der Waals surface area contributed by atoms with Crippen molar-refractivity contribution in [2.75, 3.05) is 5.73 Å². The molecule has 0 aliphatic carbocycles. The Morgan fingerprint density at radius 1 is 1.28 bits per heavy atom. The third-order valence-electron chi connectivity index (χ3n) is 3.34. The van der Waals surface area contributed by atoms with Crippen molar-refractivity contribution in [2.45, 2.75) is 33.7 Å². The molecular weight excluding hydrogens is 230 g/mol. The number of anilines is 1. The first-order valence-corrected chi connectivity index (χ1v) is 5.75. The highest BCUT2D eigenvalue weighted by molar-refractivity contribution is 5.92. The number of hydrogen-bond acceptors (Lipinski definition) is 4. The van der Waals surface area contributed by atoms with E-state index in [9.17, 15) is 4.79 Å². The van der Waals surface area contributed by atoms with Crippen LogP contribution < -0.4 is 11.5 Å². The Morgan fingerprint density at radius 2 is 1.89 bits per heavy atom. The average Bonchev–Trinajstić information content (AvgIpc) is 2.50. The van der Waals surface area contributed by atoms with Crippen molar-refractivity contribution in [3.8, 4) is 0 Å². The van der Waals surface area contributed by atoms with Crippen LogP contribution in [0.25, 0.3) is 11.0 Å². The summed E-state index contributed by atoms with van der Waals surface area (Å²) in [4.78, 5) is 19.9. The fourth-order valence-electron chi connectivity index (χ4n) is 2.23. The maximum absolute atomic E-state index is 11.4. The van der Waals surface area contributed by atoms with E-state index in [2.05, 4.69) is 9.97 Å². The number of hydrogen-bond donors (Lipinski definition) is 2. The minimum atomic E-state index is -0.463. The molecule has 4 N–H and O–H groups in total. The number of carbonyl (C=O) groups is 1. The second-order valence-corrected chi connectivity index (χ2v) is 4.51. The summed E-state index contributed by atoms with van der Waals surface area (Å²) in [6.45, 7) is 7.39. The molecule has 2 aromatic rings. The highest BCUT2D eigenvalue weighted by Crippen LogP contribution is 2.30. The molecule has 2 aromatic heterocycles. The molecule has 0 bridgehead atoms. The van der Waals surface area contributed by atoms with Gasteiger partial charge >= 0.3 is 0 Å². The van der Waals surface area contributed by atoms with Gasteiger partial charge in [-0.3, -0.25) is 4.79 Å². The van der Waals surface area contributed by atoms with Crippen LogP contribution in [-0.4, -0.2) is 20.4 Å². The van der Waals surface area contributed by atoms with E-state index in [-0.39, 0.29) is 0 Å². The van der Waals surface area contributed by atoms with Crippen molar-refractivity contribution < 1.29 is 4.79 Å². The Labute approximate surface area is 105 Å². The van der Waals surface area contributed by atoms with E-state index in [1.165, 1.54) is 0 Å². The molecule has 0 aromatic carbocycles. The van der Waals surface area contributed by atoms with Gasteiger partial charge in [-0.2, -0.15) is 0 Å². The van der Waals surface area contributed by atoms with Crippen LogP contribution in [0.1, 0.15) is 30.0 Å². The van der Waals surface area contributed by atoms with E-state index < -0.39 is 11.9 Å². The minimum Gasteiger partial charge on any atom is -0.383 e. The van der Waals surface area contributed by atoms with Gasteiger partial charge in [0.15, 0.2) is 0 Å². The zero-order valence-electron chi connectivity index (χ0n) is 11.0. The monoisotopic (exact) mass is 247 g/mol. The lowest BCUT2D eigenvalue weighted by Crippen LogP contribution is -2.25. The normalized spacial score (nSPS) is 12.9. The number of nitrogens with two attached hydrogens (primary N) is 2. The Kier molecular flexibility index (Phi) is 2.73. The predicted molar refractivity (Wildman–Crippen MR) is 70.1 cm³/mol. The average molecular weight is 247 g/mol. The van der Waals surface area contributed by atoms with Gasteiger partial charge in [-0.05, 0) is 33.3 Å². The number of nitrogens with zero attached hydrogens (tertiary/aromatic N) is 3. The van der Waals surface area contributed by atoms with Crippen LogP contribution >= 0.6 is 0 Å². The smallest absolute Gasteiger partial charge is 0.240 e. The van der Waals surface area contributed by atoms with Gasteiger partial charge in [-0.15, -0.1) is 0 Å². The maximum atomic E-state index is 11.4. The lowest BCUT2D eigenvalue weighted by atomic mass is 10.2. The number of primary amides is 1. The van der Waals surface area contributed by atoms with Gasteiger partial charge in [0.25, 0.3) is 0 Å². The number of rotatable bonds is 2. The van der Waals surface area contributed by atoms with E-state index in [1.54, 1.807) is 13.8 Å². The van der Waals surface area contributed by atoms with Gasteiger partial charge in [-0.1, -0.05) is 0 Å². The SMILES string of the molecule is Cc1nc(N)c2c(C)c(C)n(C(C)C(N)=O)c2n1. The van der Waals surface area contributed by atoms with Crippen molar-refractivity contribution in [1.29, 1.82) is 0 Å². The second kappa shape index (κ2) is 3.97. The van der Waals surface area contributed by atoms with Gasteiger partial charge < -0.3 is 16.0 Å². The summed E-state index contributed by atoms with van der Waals surface area (Å²) in [7, 11) is 0. The molecule has 0 fully saturated rings. The fraction of sp³-hybridized carbons (Fsp3) is 0.417. The fourth-order valence-corrected chi connectivity index (χ4v) is 2.23. The number of fused-ring (bicyclic) bond motifs is 1. The van der Waals surface area contributed by atoms with Gasteiger partial charge in [0.05, 0.1) is 5.39 Å². The lowest BCUT2D eigenvalue weighted by molar-refractivity contribution is -0.120. The Morgan fingerprint density at radius 3 is 2.44 bits per heavy atom. The topological polar surface area (TPSA) is 99.8 Å². The van der Waals surface area contributed by atoms with Gasteiger partial charge in [0.2, 0.25) is 5.91 Å². The van der Waals surface area contributed by atoms with E-state index >= 15 is 0 Å². The Bertz CT molecular complexity index is 644. The number of aromatic nitrogens is 3. The van der Waals surface area contributed by atoms with Crippen LogP contribution in [0, 0.1) is 20.8 Å². The molecule has 2 rings (SSSR count). The van der Waals surface area contributed by atoms with E-state index in [4.69, 9.17) is 11.5 Å². The molecule has 6 heteroatoms. The molecular formula is C12H17N5O. The molecule has 0 saturated heterocycles. The molecule has 1 unspecified atom stereocenters. The second-order valence-electron chi connectivity index (χ2n) is 4.51. The first-order chi connectivity index (χ1) is 8.34. The standard InChI is InChI=1S/C12H17N5O/c1-5-6(2)17(7(3)11(14)18)12-9(5)10(13)15-8(4)16-12/h7H,1-4H3,(H2,14,18)(H2,13,15,16). The van der Waals surface area contributed by atoms with E-state index in [1.807, 2.05) is 18.4 Å². The number of nitrogen functional groups attached to an aromatic ring is 1. The number of aryl methyl sites for hydroxylation is 2. The zero-order chi connectivity index (χ0) is 13.6. The lowest BCUT2D eigenvalue weighted by Gasteiger charge is -2.13. The van der Waals surface area contributed by atoms with Crippen molar-refractivity contribution >= 4 is 22.8 Å². The molecule has 0 aliphatic rings. The number of amides is 1. The van der Waals surface area contributed by atoms with E-state index in [0.29, 0.717) is 17.3 Å². The first kappa shape index (κ1) is 12.3. The Hall–Kier alpha value is -2.11. The molecule has 0 saturated carbocycles. The summed E-state index contributed by atoms with van der Waals surface area (Å²) >= 11 is 0. The first-order valence-electron chi connectivity index (χ1n) is 5.75. The molecule has 0 spiro atoms. The molecule has 2 heterocycles. The van der Waals surface area contributed by atoms with Gasteiger partial charge in [-0.25, -0.2) is 9.97 Å². The maximum Gasteiger partial charge on any atom is 0.240 e. The molecule has 1 amide bonds. The van der Waals surface area contributed by atoms with Crippen molar-refractivity contribution in [3.63, 3.8) is 0 Å². The summed E-state index contributed by atoms with van der Waals surface area (Å²) in [5.74, 6) is 0.619. The third-order valence-corrected chi connectivity index (χ3v) is 3.34. The van der Waals surface area contributed by atoms with Gasteiger partial charge in [0.1, 0.15) is 23.3 Å². The largest absolute Gasteiger partial charge is 0.383 e. The van der Waals surface area contributed by atoms with Crippen molar-refractivity contribution in [1.82, 2.24) is 14.5 Å². The molecule has 18 heavy (non-hydrogen) atoms. The highest BCUT2D eigenvalue weighted by Gasteiger charge is 2.22. The highest BCUT2D eigenvalue weighted by atomic mass is 16.1. The zero-order valence-corrected chi connectivity index (χ0v) is 11.0. The Balaban J connectivity index is 2.89. The minimum absolute atomic E-state index is 0.398. The predicted octanol–water partition coefficient (Wildman–Crippen LogP) is 0.985. The van der Waals surface area contributed by atoms with Crippen LogP contribution in [0.3, 0.4) is 0 Å².